The first kappa shape index (κ1) is 14.0. The lowest BCUT2D eigenvalue weighted by Gasteiger charge is -2.05. The van der Waals surface area contributed by atoms with Crippen LogP contribution in [0.25, 0.3) is 0 Å². The van der Waals surface area contributed by atoms with Gasteiger partial charge in [-0.3, -0.25) is 0 Å². The highest BCUT2D eigenvalue weighted by molar-refractivity contribution is 9.10. The summed E-state index contributed by atoms with van der Waals surface area (Å²) in [6.45, 7) is 4.42. The minimum absolute atomic E-state index is 0.879. The van der Waals surface area contributed by atoms with Crippen LogP contribution in [0.15, 0.2) is 22.7 Å². The van der Waals surface area contributed by atoms with Crippen LogP contribution in [0.4, 0.5) is 0 Å². The third-order valence-electron chi connectivity index (χ3n) is 2.48. The van der Waals surface area contributed by atoms with Gasteiger partial charge in [-0.1, -0.05) is 34.5 Å². The molecule has 0 saturated heterocycles. The van der Waals surface area contributed by atoms with E-state index in [1.165, 1.54) is 24.8 Å². The molecule has 0 aliphatic heterocycles. The van der Waals surface area contributed by atoms with Crippen molar-refractivity contribution in [2.75, 3.05) is 13.1 Å². The van der Waals surface area contributed by atoms with Crippen LogP contribution in [0.2, 0.25) is 5.02 Å². The van der Waals surface area contributed by atoms with Gasteiger partial charge >= 0.3 is 0 Å². The van der Waals surface area contributed by atoms with Crippen molar-refractivity contribution in [3.63, 3.8) is 0 Å². The predicted molar refractivity (Wildman–Crippen MR) is 75.3 cm³/mol. The zero-order valence-corrected chi connectivity index (χ0v) is 12.1. The number of hydrogen-bond acceptors (Lipinski definition) is 1. The summed E-state index contributed by atoms with van der Waals surface area (Å²) in [7, 11) is 0. The number of hydrogen-bond donors (Lipinski definition) is 1. The molecule has 0 aliphatic rings. The van der Waals surface area contributed by atoms with E-state index in [-0.39, 0.29) is 0 Å². The minimum atomic E-state index is 0.879. The topological polar surface area (TPSA) is 12.0 Å². The Balaban J connectivity index is 2.23. The lowest BCUT2D eigenvalue weighted by atomic mass is 10.1. The van der Waals surface area contributed by atoms with E-state index in [0.717, 1.165) is 29.0 Å². The molecule has 3 heteroatoms. The van der Waals surface area contributed by atoms with E-state index < -0.39 is 0 Å². The summed E-state index contributed by atoms with van der Waals surface area (Å²) < 4.78 is 1.11. The molecular weight excluding hydrogens is 286 g/mol. The van der Waals surface area contributed by atoms with Crippen molar-refractivity contribution >= 4 is 27.5 Å². The van der Waals surface area contributed by atoms with Crippen molar-refractivity contribution in [3.05, 3.63) is 33.3 Å². The third-order valence-corrected chi connectivity index (χ3v) is 3.35. The summed E-state index contributed by atoms with van der Waals surface area (Å²) in [4.78, 5) is 0. The average Bonchev–Trinajstić information content (AvgIpc) is 2.28. The maximum absolute atomic E-state index is 6.12. The number of unbranched alkanes of at least 4 members (excludes halogenated alkanes) is 1. The molecule has 0 spiro atoms. The van der Waals surface area contributed by atoms with Crippen molar-refractivity contribution in [3.8, 4) is 0 Å². The first-order valence-electron chi connectivity index (χ1n) is 5.88. The van der Waals surface area contributed by atoms with Crippen LogP contribution in [0.5, 0.6) is 0 Å². The molecule has 0 bridgehead atoms. The van der Waals surface area contributed by atoms with Crippen molar-refractivity contribution in [2.24, 2.45) is 0 Å². The highest BCUT2D eigenvalue weighted by Crippen LogP contribution is 2.22. The summed E-state index contributed by atoms with van der Waals surface area (Å²) in [6, 6.07) is 6.05. The van der Waals surface area contributed by atoms with Crippen molar-refractivity contribution in [1.29, 1.82) is 0 Å². The van der Waals surface area contributed by atoms with Gasteiger partial charge in [0.15, 0.2) is 0 Å². The lowest BCUT2D eigenvalue weighted by molar-refractivity contribution is 0.617. The fourth-order valence-electron chi connectivity index (χ4n) is 1.60. The molecule has 0 aliphatic carbocycles. The Bertz CT molecular complexity index is 315. The molecule has 0 fully saturated rings. The van der Waals surface area contributed by atoms with Crippen LogP contribution >= 0.6 is 27.5 Å². The zero-order valence-electron chi connectivity index (χ0n) is 9.73. The standard InChI is InChI=1S/C13H19BrClN/c1-2-8-16-9-4-3-5-11-10-12(14)6-7-13(11)15/h6-7,10,16H,2-5,8-9H2,1H3. The molecule has 0 amide bonds. The second-order valence-electron chi connectivity index (χ2n) is 3.94. The van der Waals surface area contributed by atoms with E-state index in [9.17, 15) is 0 Å². The van der Waals surface area contributed by atoms with Crippen molar-refractivity contribution in [1.82, 2.24) is 5.32 Å². The summed E-state index contributed by atoms with van der Waals surface area (Å²) in [5.41, 5.74) is 1.24. The first-order valence-corrected chi connectivity index (χ1v) is 7.05. The average molecular weight is 305 g/mol. The van der Waals surface area contributed by atoms with Gasteiger partial charge in [0.05, 0.1) is 0 Å². The highest BCUT2D eigenvalue weighted by Gasteiger charge is 2.00. The summed E-state index contributed by atoms with van der Waals surface area (Å²) >= 11 is 9.59. The van der Waals surface area contributed by atoms with E-state index in [1.807, 2.05) is 12.1 Å². The van der Waals surface area contributed by atoms with Gasteiger partial charge in [0.25, 0.3) is 0 Å². The fraction of sp³-hybridized carbons (Fsp3) is 0.538. The summed E-state index contributed by atoms with van der Waals surface area (Å²) in [5, 5.41) is 4.28. The van der Waals surface area contributed by atoms with E-state index in [1.54, 1.807) is 0 Å². The second kappa shape index (κ2) is 8.10. The van der Waals surface area contributed by atoms with Crippen LogP contribution in [0.1, 0.15) is 31.7 Å². The number of rotatable bonds is 7. The maximum atomic E-state index is 6.12. The molecule has 0 unspecified atom stereocenters. The van der Waals surface area contributed by atoms with Gasteiger partial charge in [-0.2, -0.15) is 0 Å². The van der Waals surface area contributed by atoms with Gasteiger partial charge in [0.1, 0.15) is 0 Å². The number of benzene rings is 1. The Morgan fingerprint density at radius 1 is 1.25 bits per heavy atom. The van der Waals surface area contributed by atoms with Crippen LogP contribution < -0.4 is 5.32 Å². The number of aryl methyl sites for hydroxylation is 1. The Morgan fingerprint density at radius 3 is 2.81 bits per heavy atom. The van der Waals surface area contributed by atoms with E-state index in [2.05, 4.69) is 34.2 Å². The van der Waals surface area contributed by atoms with Crippen LogP contribution in [-0.4, -0.2) is 13.1 Å². The minimum Gasteiger partial charge on any atom is -0.317 e. The molecule has 1 N–H and O–H groups in total. The SMILES string of the molecule is CCCNCCCCc1cc(Br)ccc1Cl. The van der Waals surface area contributed by atoms with E-state index >= 15 is 0 Å². The largest absolute Gasteiger partial charge is 0.317 e. The molecule has 0 heterocycles. The monoisotopic (exact) mass is 303 g/mol. The normalized spacial score (nSPS) is 10.7. The maximum Gasteiger partial charge on any atom is 0.0438 e. The summed E-state index contributed by atoms with van der Waals surface area (Å²) in [6.07, 6.45) is 4.67. The van der Waals surface area contributed by atoms with Gasteiger partial charge < -0.3 is 5.32 Å². The Labute approximate surface area is 112 Å². The molecule has 90 valence electrons. The molecule has 1 aromatic rings. The predicted octanol–water partition coefficient (Wildman–Crippen LogP) is 4.42. The van der Waals surface area contributed by atoms with Gasteiger partial charge in [0, 0.05) is 9.50 Å². The number of nitrogens with one attached hydrogen (secondary N) is 1. The molecule has 0 radical (unpaired) electrons. The van der Waals surface area contributed by atoms with Crippen LogP contribution in [0.3, 0.4) is 0 Å². The number of halogens is 2. The van der Waals surface area contributed by atoms with Gasteiger partial charge in [-0.05, 0) is 62.5 Å². The van der Waals surface area contributed by atoms with Crippen LogP contribution in [-0.2, 0) is 6.42 Å². The second-order valence-corrected chi connectivity index (χ2v) is 5.27. The van der Waals surface area contributed by atoms with Crippen molar-refractivity contribution in [2.45, 2.75) is 32.6 Å². The van der Waals surface area contributed by atoms with Gasteiger partial charge in [0.2, 0.25) is 0 Å². The third kappa shape index (κ3) is 5.33. The zero-order chi connectivity index (χ0) is 11.8. The molecule has 16 heavy (non-hydrogen) atoms. The lowest BCUT2D eigenvalue weighted by Crippen LogP contribution is -2.15. The molecule has 1 aromatic carbocycles. The molecule has 1 nitrogen and oxygen atoms in total. The van der Waals surface area contributed by atoms with Crippen molar-refractivity contribution < 1.29 is 0 Å². The van der Waals surface area contributed by atoms with Crippen LogP contribution in [0, 0.1) is 0 Å². The molecule has 0 atom stereocenters. The van der Waals surface area contributed by atoms with Gasteiger partial charge in [-0.25, -0.2) is 0 Å². The Kier molecular flexibility index (Phi) is 7.10. The Morgan fingerprint density at radius 2 is 2.06 bits per heavy atom. The molecule has 1 rings (SSSR count). The fourth-order valence-corrected chi connectivity index (χ4v) is 2.22. The van der Waals surface area contributed by atoms with Gasteiger partial charge in [-0.15, -0.1) is 0 Å². The first-order chi connectivity index (χ1) is 7.74. The molecule has 0 aromatic heterocycles. The molecular formula is C13H19BrClN. The van der Waals surface area contributed by atoms with E-state index in [4.69, 9.17) is 11.6 Å². The highest BCUT2D eigenvalue weighted by atomic mass is 79.9. The smallest absolute Gasteiger partial charge is 0.0438 e. The molecule has 0 saturated carbocycles. The van der Waals surface area contributed by atoms with E-state index in [0.29, 0.717) is 0 Å². The summed E-state index contributed by atoms with van der Waals surface area (Å²) in [5.74, 6) is 0. The quantitative estimate of drug-likeness (QED) is 0.735. The Hall–Kier alpha value is -0.0500.